The number of carbonyl (C=O) groups is 2. The number of Topliss-reactive ketones (excluding diaryl/α,β-unsaturated/α-hetero) is 1. The number of ketones is 1. The lowest BCUT2D eigenvalue weighted by Crippen LogP contribution is -2.36. The van der Waals surface area contributed by atoms with E-state index in [-0.39, 0.29) is 47.5 Å². The maximum Gasteiger partial charge on any atom is 0.336 e. The minimum absolute atomic E-state index is 0.0189. The van der Waals surface area contributed by atoms with Crippen LogP contribution < -0.4 is 14.8 Å². The Morgan fingerprint density at radius 2 is 1.84 bits per heavy atom. The third-order valence-corrected chi connectivity index (χ3v) is 7.07. The summed E-state index contributed by atoms with van der Waals surface area (Å²) in [6.45, 7) is 1.94. The highest BCUT2D eigenvalue weighted by atomic mass is 35.5. The van der Waals surface area contributed by atoms with Crippen molar-refractivity contribution in [3.8, 4) is 11.5 Å². The van der Waals surface area contributed by atoms with Gasteiger partial charge in [0.1, 0.15) is 12.4 Å². The summed E-state index contributed by atoms with van der Waals surface area (Å²) in [5, 5.41) is 3.37. The molecule has 37 heavy (non-hydrogen) atoms. The Labute approximate surface area is 220 Å². The number of nitrogens with one attached hydrogen (secondary N) is 1. The molecule has 1 N–H and O–H groups in total. The van der Waals surface area contributed by atoms with E-state index in [4.69, 9.17) is 30.5 Å². The minimum atomic E-state index is -1.00. The van der Waals surface area contributed by atoms with Crippen molar-refractivity contribution in [1.82, 2.24) is 5.32 Å². The van der Waals surface area contributed by atoms with Crippen molar-refractivity contribution in [2.45, 2.75) is 31.6 Å². The normalized spacial score (nSPS) is 19.4. The first-order valence-electron chi connectivity index (χ1n) is 11.9. The van der Waals surface area contributed by atoms with Gasteiger partial charge in [-0.3, -0.25) is 4.79 Å². The molecular weight excluding hydrogens is 501 g/mol. The third kappa shape index (κ3) is 5.22. The van der Waals surface area contributed by atoms with Gasteiger partial charge in [-0.05, 0) is 49.1 Å². The third-order valence-electron chi connectivity index (χ3n) is 6.74. The van der Waals surface area contributed by atoms with E-state index in [9.17, 15) is 9.59 Å². The van der Waals surface area contributed by atoms with Crippen LogP contribution in [0.15, 0.2) is 58.9 Å². The lowest BCUT2D eigenvalue weighted by molar-refractivity contribution is -0.140. The number of carbonyl (C=O) groups excluding carboxylic acids is 2. The molecule has 0 radical (unpaired) electrons. The maximum atomic E-state index is 15.2. The summed E-state index contributed by atoms with van der Waals surface area (Å²) in [4.78, 5) is 26.9. The van der Waals surface area contributed by atoms with Crippen molar-refractivity contribution >= 4 is 23.4 Å². The molecule has 2 atom stereocenters. The monoisotopic (exact) mass is 529 g/mol. The van der Waals surface area contributed by atoms with Crippen LogP contribution in [0, 0.1) is 5.82 Å². The highest BCUT2D eigenvalue weighted by Crippen LogP contribution is 2.48. The zero-order chi connectivity index (χ0) is 26.7. The molecule has 0 amide bonds. The van der Waals surface area contributed by atoms with Gasteiger partial charge in [0.25, 0.3) is 0 Å². The lowest BCUT2D eigenvalue weighted by atomic mass is 9.71. The number of halogens is 2. The van der Waals surface area contributed by atoms with Crippen LogP contribution >= 0.6 is 11.6 Å². The van der Waals surface area contributed by atoms with Crippen molar-refractivity contribution in [2.24, 2.45) is 0 Å². The topological polar surface area (TPSA) is 83.1 Å². The highest BCUT2D eigenvalue weighted by Gasteiger charge is 2.43. The van der Waals surface area contributed by atoms with Gasteiger partial charge in [0, 0.05) is 41.1 Å². The number of allylic oxidation sites excluding steroid dienone is 3. The first kappa shape index (κ1) is 26.7. The number of benzene rings is 2. The summed E-state index contributed by atoms with van der Waals surface area (Å²) in [7, 11) is 4.61. The van der Waals surface area contributed by atoms with Crippen molar-refractivity contribution in [3.05, 3.63) is 80.9 Å². The SMILES string of the molecule is COCCOC(=O)C1=C(C)NC2=C(C(=O)C[C@@H](c3ccc(OC)c(OC)c3)C2)[C@H]1c1c(F)cccc1Cl. The van der Waals surface area contributed by atoms with Gasteiger partial charge >= 0.3 is 5.97 Å². The van der Waals surface area contributed by atoms with Crippen molar-refractivity contribution < 1.29 is 32.9 Å². The standard InChI is InChI=1S/C28H29ClFNO6/c1-15-24(28(33)37-11-10-34-2)27(25-18(29)6-5-7-19(25)30)26-20(31-15)12-17(13-21(26)32)16-8-9-22(35-3)23(14-16)36-4/h5-9,14,17,27,31H,10-13H2,1-4H3/t17-,27+/m0/s1. The highest BCUT2D eigenvalue weighted by molar-refractivity contribution is 6.31. The fourth-order valence-electron chi connectivity index (χ4n) is 5.02. The second-order valence-electron chi connectivity index (χ2n) is 8.90. The molecular formula is C28H29ClFNO6. The summed E-state index contributed by atoms with van der Waals surface area (Å²) < 4.78 is 36.4. The Balaban J connectivity index is 1.78. The van der Waals surface area contributed by atoms with Crippen molar-refractivity contribution in [2.75, 3.05) is 34.5 Å². The largest absolute Gasteiger partial charge is 0.493 e. The molecule has 9 heteroatoms. The van der Waals surface area contributed by atoms with Crippen LogP contribution in [0.3, 0.4) is 0 Å². The van der Waals surface area contributed by atoms with Gasteiger partial charge in [0.05, 0.1) is 32.3 Å². The predicted octanol–water partition coefficient (Wildman–Crippen LogP) is 5.05. The molecule has 2 aromatic carbocycles. The molecule has 0 saturated carbocycles. The van der Waals surface area contributed by atoms with Crippen LogP contribution in [-0.2, 0) is 19.1 Å². The lowest BCUT2D eigenvalue weighted by Gasteiger charge is -2.37. The Bertz CT molecular complexity index is 1270. The summed E-state index contributed by atoms with van der Waals surface area (Å²) in [5.74, 6) is -1.46. The van der Waals surface area contributed by atoms with Gasteiger partial charge in [-0.25, -0.2) is 9.18 Å². The molecule has 0 saturated heterocycles. The van der Waals surface area contributed by atoms with Gasteiger partial charge in [-0.15, -0.1) is 0 Å². The summed E-state index contributed by atoms with van der Waals surface area (Å²) in [5.41, 5.74) is 2.57. The van der Waals surface area contributed by atoms with Crippen LogP contribution in [0.4, 0.5) is 4.39 Å². The van der Waals surface area contributed by atoms with E-state index >= 15 is 4.39 Å². The number of dihydropyridines is 1. The Morgan fingerprint density at radius 3 is 2.51 bits per heavy atom. The van der Waals surface area contributed by atoms with E-state index < -0.39 is 17.7 Å². The molecule has 0 unspecified atom stereocenters. The van der Waals surface area contributed by atoms with Crippen LogP contribution in [-0.4, -0.2) is 46.3 Å². The fourth-order valence-corrected chi connectivity index (χ4v) is 5.29. The average molecular weight is 530 g/mol. The van der Waals surface area contributed by atoms with Gasteiger partial charge in [0.2, 0.25) is 0 Å². The summed E-state index contributed by atoms with van der Waals surface area (Å²) in [6.07, 6.45) is 0.645. The van der Waals surface area contributed by atoms with Crippen LogP contribution in [0.25, 0.3) is 0 Å². The zero-order valence-corrected chi connectivity index (χ0v) is 21.9. The molecule has 2 aromatic rings. The van der Waals surface area contributed by atoms with E-state index in [0.717, 1.165) is 5.56 Å². The first-order chi connectivity index (χ1) is 17.8. The molecule has 0 aromatic heterocycles. The molecule has 196 valence electrons. The van der Waals surface area contributed by atoms with Crippen LogP contribution in [0.5, 0.6) is 11.5 Å². The van der Waals surface area contributed by atoms with Gasteiger partial charge in [-0.1, -0.05) is 23.7 Å². The molecule has 1 heterocycles. The van der Waals surface area contributed by atoms with E-state index in [0.29, 0.717) is 34.9 Å². The molecule has 0 fully saturated rings. The van der Waals surface area contributed by atoms with E-state index in [1.807, 2.05) is 12.1 Å². The molecule has 1 aliphatic heterocycles. The smallest absolute Gasteiger partial charge is 0.336 e. The average Bonchev–Trinajstić information content (AvgIpc) is 2.87. The minimum Gasteiger partial charge on any atom is -0.493 e. The fraction of sp³-hybridized carbons (Fsp3) is 0.357. The second-order valence-corrected chi connectivity index (χ2v) is 9.30. The van der Waals surface area contributed by atoms with Crippen molar-refractivity contribution in [3.63, 3.8) is 0 Å². The molecule has 7 nitrogen and oxygen atoms in total. The zero-order valence-electron chi connectivity index (χ0n) is 21.2. The molecule has 2 aliphatic rings. The Morgan fingerprint density at radius 1 is 1.08 bits per heavy atom. The van der Waals surface area contributed by atoms with E-state index in [1.165, 1.54) is 19.2 Å². The Kier molecular flexibility index (Phi) is 8.19. The quantitative estimate of drug-likeness (QED) is 0.378. The molecule has 1 aliphatic carbocycles. The number of rotatable bonds is 8. The summed E-state index contributed by atoms with van der Waals surface area (Å²) in [6, 6.07) is 9.87. The number of ether oxygens (including phenoxy) is 4. The van der Waals surface area contributed by atoms with E-state index in [1.54, 1.807) is 33.3 Å². The molecule has 0 bridgehead atoms. The number of hydrogen-bond donors (Lipinski definition) is 1. The molecule has 4 rings (SSSR count). The van der Waals surface area contributed by atoms with Gasteiger partial charge in [0.15, 0.2) is 17.3 Å². The van der Waals surface area contributed by atoms with Gasteiger partial charge < -0.3 is 24.3 Å². The number of methoxy groups -OCH3 is 3. The molecule has 0 spiro atoms. The number of esters is 1. The predicted molar refractivity (Wildman–Crippen MR) is 136 cm³/mol. The number of hydrogen-bond acceptors (Lipinski definition) is 7. The second kappa shape index (κ2) is 11.4. The first-order valence-corrected chi connectivity index (χ1v) is 12.2. The maximum absolute atomic E-state index is 15.2. The van der Waals surface area contributed by atoms with E-state index in [2.05, 4.69) is 5.32 Å². The Hall–Kier alpha value is -3.36. The van der Waals surface area contributed by atoms with Gasteiger partial charge in [-0.2, -0.15) is 0 Å². The van der Waals surface area contributed by atoms with Crippen LogP contribution in [0.2, 0.25) is 5.02 Å². The van der Waals surface area contributed by atoms with Crippen LogP contribution in [0.1, 0.15) is 42.7 Å². The van der Waals surface area contributed by atoms with Crippen molar-refractivity contribution in [1.29, 1.82) is 0 Å². The summed E-state index contributed by atoms with van der Waals surface area (Å²) >= 11 is 6.46.